The molecule has 1 heterocycles. The quantitative estimate of drug-likeness (QED) is 0.660. The largest absolute Gasteiger partial charge is 0.453 e. The van der Waals surface area contributed by atoms with Gasteiger partial charge < -0.3 is 14.8 Å². The third kappa shape index (κ3) is 1.63. The van der Waals surface area contributed by atoms with Gasteiger partial charge in [0.05, 0.1) is 7.11 Å². The average molecular weight is 185 g/mol. The number of alkyl carbamates (subject to hydrolysis) is 1. The van der Waals surface area contributed by atoms with Crippen molar-refractivity contribution in [3.05, 3.63) is 0 Å². The first kappa shape index (κ1) is 8.81. The van der Waals surface area contributed by atoms with Crippen molar-refractivity contribution in [3.63, 3.8) is 0 Å². The number of rotatable bonds is 1. The Kier molecular flexibility index (Phi) is 2.15. The summed E-state index contributed by atoms with van der Waals surface area (Å²) in [5.74, 6) is 0. The smallest absolute Gasteiger partial charge is 0.407 e. The van der Waals surface area contributed by atoms with Crippen molar-refractivity contribution in [3.8, 4) is 0 Å². The van der Waals surface area contributed by atoms with E-state index < -0.39 is 0 Å². The lowest BCUT2D eigenvalue weighted by Crippen LogP contribution is -2.32. The molecule has 4 nitrogen and oxygen atoms in total. The van der Waals surface area contributed by atoms with Gasteiger partial charge in [-0.15, -0.1) is 0 Å². The first-order chi connectivity index (χ1) is 6.27. The number of carbonyl (C=O) groups is 1. The van der Waals surface area contributed by atoms with Crippen LogP contribution in [-0.4, -0.2) is 32.5 Å². The maximum Gasteiger partial charge on any atom is 0.407 e. The maximum atomic E-state index is 10.9. The molecule has 1 aliphatic carbocycles. The monoisotopic (exact) mass is 185 g/mol. The zero-order valence-corrected chi connectivity index (χ0v) is 7.84. The second-order valence-corrected chi connectivity index (χ2v) is 3.87. The topological polar surface area (TPSA) is 47.6 Å². The molecule has 2 fully saturated rings. The zero-order chi connectivity index (χ0) is 9.31. The van der Waals surface area contributed by atoms with Gasteiger partial charge in [-0.25, -0.2) is 4.79 Å². The SMILES string of the molecule is COC(=O)NC1CC12CCOCC2. The molecule has 1 amide bonds. The summed E-state index contributed by atoms with van der Waals surface area (Å²) in [7, 11) is 1.40. The van der Waals surface area contributed by atoms with Crippen molar-refractivity contribution >= 4 is 6.09 Å². The summed E-state index contributed by atoms with van der Waals surface area (Å²) in [6, 6.07) is 0.323. The molecule has 0 aromatic rings. The number of amides is 1. The van der Waals surface area contributed by atoms with Gasteiger partial charge in [0.25, 0.3) is 0 Å². The fourth-order valence-electron chi connectivity index (χ4n) is 2.08. The summed E-state index contributed by atoms with van der Waals surface area (Å²) in [5.41, 5.74) is 0.340. The van der Waals surface area contributed by atoms with Crippen LogP contribution in [0.15, 0.2) is 0 Å². The fourth-order valence-corrected chi connectivity index (χ4v) is 2.08. The van der Waals surface area contributed by atoms with Crippen molar-refractivity contribution in [2.24, 2.45) is 5.41 Å². The molecule has 13 heavy (non-hydrogen) atoms. The van der Waals surface area contributed by atoms with Crippen LogP contribution in [0.25, 0.3) is 0 Å². The fraction of sp³-hybridized carbons (Fsp3) is 0.889. The van der Waals surface area contributed by atoms with Gasteiger partial charge in [-0.05, 0) is 24.7 Å². The number of ether oxygens (including phenoxy) is 2. The minimum atomic E-state index is -0.312. The van der Waals surface area contributed by atoms with Gasteiger partial charge in [0, 0.05) is 19.3 Å². The third-order valence-corrected chi connectivity index (χ3v) is 3.16. The van der Waals surface area contributed by atoms with Crippen LogP contribution in [0.1, 0.15) is 19.3 Å². The van der Waals surface area contributed by atoms with Gasteiger partial charge >= 0.3 is 6.09 Å². The maximum absolute atomic E-state index is 10.9. The summed E-state index contributed by atoms with van der Waals surface area (Å²) in [6.45, 7) is 1.67. The number of methoxy groups -OCH3 is 1. The molecular weight excluding hydrogens is 170 g/mol. The van der Waals surface area contributed by atoms with Gasteiger partial charge in [0.15, 0.2) is 0 Å². The van der Waals surface area contributed by atoms with Crippen LogP contribution in [0, 0.1) is 5.41 Å². The first-order valence-corrected chi connectivity index (χ1v) is 4.69. The van der Waals surface area contributed by atoms with Gasteiger partial charge in [-0.1, -0.05) is 0 Å². The minimum absolute atomic E-state index is 0.312. The molecule has 1 unspecified atom stereocenters. The third-order valence-electron chi connectivity index (χ3n) is 3.16. The molecule has 0 aromatic carbocycles. The molecule has 1 spiro atoms. The number of nitrogens with one attached hydrogen (secondary N) is 1. The van der Waals surface area contributed by atoms with Crippen LogP contribution in [0.2, 0.25) is 0 Å². The molecular formula is C9H15NO3. The van der Waals surface area contributed by atoms with Crippen molar-refractivity contribution in [1.29, 1.82) is 0 Å². The van der Waals surface area contributed by atoms with Crippen molar-refractivity contribution in [2.45, 2.75) is 25.3 Å². The van der Waals surface area contributed by atoms with Crippen LogP contribution in [0.5, 0.6) is 0 Å². The van der Waals surface area contributed by atoms with Crippen molar-refractivity contribution < 1.29 is 14.3 Å². The number of hydrogen-bond donors (Lipinski definition) is 1. The highest BCUT2D eigenvalue weighted by atomic mass is 16.5. The molecule has 4 heteroatoms. The second-order valence-electron chi connectivity index (χ2n) is 3.87. The Balaban J connectivity index is 1.82. The standard InChI is InChI=1S/C9H15NO3/c1-12-8(11)10-7-6-9(7)2-4-13-5-3-9/h7H,2-6H2,1H3,(H,10,11). The molecule has 0 aromatic heterocycles. The van der Waals surface area contributed by atoms with E-state index in [0.717, 1.165) is 32.5 Å². The Morgan fingerprint density at radius 2 is 2.23 bits per heavy atom. The highest BCUT2D eigenvalue weighted by Crippen LogP contribution is 2.53. The highest BCUT2D eigenvalue weighted by molar-refractivity contribution is 5.68. The van der Waals surface area contributed by atoms with E-state index in [1.54, 1.807) is 0 Å². The Bertz CT molecular complexity index is 211. The molecule has 0 radical (unpaired) electrons. The second kappa shape index (κ2) is 3.18. The number of carbonyl (C=O) groups excluding carboxylic acids is 1. The van der Waals surface area contributed by atoms with Gasteiger partial charge in [0.2, 0.25) is 0 Å². The van der Waals surface area contributed by atoms with E-state index in [0.29, 0.717) is 11.5 Å². The zero-order valence-electron chi connectivity index (χ0n) is 7.84. The Morgan fingerprint density at radius 1 is 1.54 bits per heavy atom. The van der Waals surface area contributed by atoms with E-state index >= 15 is 0 Å². The minimum Gasteiger partial charge on any atom is -0.453 e. The summed E-state index contributed by atoms with van der Waals surface area (Å²) in [5, 5.41) is 2.85. The summed E-state index contributed by atoms with van der Waals surface area (Å²) in [4.78, 5) is 10.9. The Morgan fingerprint density at radius 3 is 2.85 bits per heavy atom. The molecule has 2 aliphatic rings. The summed E-state index contributed by atoms with van der Waals surface area (Å²) < 4.78 is 9.83. The van der Waals surface area contributed by atoms with Crippen LogP contribution in [0.4, 0.5) is 4.79 Å². The van der Waals surface area contributed by atoms with E-state index in [1.807, 2.05) is 0 Å². The van der Waals surface area contributed by atoms with E-state index in [4.69, 9.17) is 4.74 Å². The van der Waals surface area contributed by atoms with E-state index in [2.05, 4.69) is 10.1 Å². The average Bonchev–Trinajstić information content (AvgIpc) is 2.79. The predicted molar refractivity (Wildman–Crippen MR) is 46.4 cm³/mol. The molecule has 1 aliphatic heterocycles. The Hall–Kier alpha value is -0.770. The van der Waals surface area contributed by atoms with Crippen molar-refractivity contribution in [1.82, 2.24) is 5.32 Å². The molecule has 1 saturated carbocycles. The van der Waals surface area contributed by atoms with E-state index in [-0.39, 0.29) is 6.09 Å². The lowest BCUT2D eigenvalue weighted by atomic mass is 9.96. The highest BCUT2D eigenvalue weighted by Gasteiger charge is 2.55. The lowest BCUT2D eigenvalue weighted by Gasteiger charge is -2.22. The molecule has 1 saturated heterocycles. The van der Waals surface area contributed by atoms with E-state index in [9.17, 15) is 4.79 Å². The van der Waals surface area contributed by atoms with Crippen LogP contribution >= 0.6 is 0 Å². The van der Waals surface area contributed by atoms with E-state index in [1.165, 1.54) is 7.11 Å². The molecule has 1 atom stereocenters. The predicted octanol–water partition coefficient (Wildman–Crippen LogP) is 0.911. The lowest BCUT2D eigenvalue weighted by molar-refractivity contribution is 0.0540. The van der Waals surface area contributed by atoms with Crippen LogP contribution in [0.3, 0.4) is 0 Å². The Labute approximate surface area is 77.6 Å². The normalized spacial score (nSPS) is 29.8. The molecule has 0 bridgehead atoms. The van der Waals surface area contributed by atoms with Crippen molar-refractivity contribution in [2.75, 3.05) is 20.3 Å². The molecule has 74 valence electrons. The number of hydrogen-bond acceptors (Lipinski definition) is 3. The summed E-state index contributed by atoms with van der Waals surface area (Å²) >= 11 is 0. The van der Waals surface area contributed by atoms with Crippen LogP contribution < -0.4 is 5.32 Å². The van der Waals surface area contributed by atoms with Crippen LogP contribution in [-0.2, 0) is 9.47 Å². The van der Waals surface area contributed by atoms with Gasteiger partial charge in [0.1, 0.15) is 0 Å². The first-order valence-electron chi connectivity index (χ1n) is 4.69. The van der Waals surface area contributed by atoms with Gasteiger partial charge in [-0.2, -0.15) is 0 Å². The molecule has 1 N–H and O–H groups in total. The summed E-state index contributed by atoms with van der Waals surface area (Å²) in [6.07, 6.45) is 2.92. The molecule has 2 rings (SSSR count). The van der Waals surface area contributed by atoms with Gasteiger partial charge in [-0.3, -0.25) is 0 Å².